The van der Waals surface area contributed by atoms with Crippen LogP contribution in [-0.2, 0) is 30.4 Å². The van der Waals surface area contributed by atoms with Gasteiger partial charge < -0.3 is 13.5 Å². The van der Waals surface area contributed by atoms with Crippen LogP contribution in [0.2, 0.25) is 0 Å². The number of hydrogen-bond acceptors (Lipinski definition) is 6. The number of fused-ring (bicyclic) bond motifs is 1. The van der Waals surface area contributed by atoms with E-state index in [4.69, 9.17) is 0 Å². The fourth-order valence-corrected chi connectivity index (χ4v) is 2.45. The van der Waals surface area contributed by atoms with Crippen LogP contribution < -0.4 is 0 Å². The fourth-order valence-electron chi connectivity index (χ4n) is 1.95. The first kappa shape index (κ1) is 16.3. The summed E-state index contributed by atoms with van der Waals surface area (Å²) in [5.41, 5.74) is -5.93. The summed E-state index contributed by atoms with van der Waals surface area (Å²) < 4.78 is 70.2. The van der Waals surface area contributed by atoms with Gasteiger partial charge in [-0.1, -0.05) is 0 Å². The maximum absolute atomic E-state index is 12.5. The third-order valence-corrected chi connectivity index (χ3v) is 3.91. The van der Waals surface area contributed by atoms with E-state index in [1.807, 2.05) is 0 Å². The first-order valence-corrected chi connectivity index (χ1v) is 7.41. The minimum Gasteiger partial charge on any atom is -0.466 e. The van der Waals surface area contributed by atoms with Crippen LogP contribution in [0.3, 0.4) is 0 Å². The molecule has 0 unspecified atom stereocenters. The van der Waals surface area contributed by atoms with E-state index in [1.54, 1.807) is 0 Å². The Morgan fingerprint density at radius 3 is 2.68 bits per heavy atom. The second-order valence-electron chi connectivity index (χ2n) is 4.36. The highest BCUT2D eigenvalue weighted by Crippen LogP contribution is 2.34. The van der Waals surface area contributed by atoms with E-state index in [1.165, 1.54) is 10.9 Å². The number of nitrogens with zero attached hydrogens (tertiary/aromatic N) is 2. The number of methoxy groups -OCH3 is 1. The summed E-state index contributed by atoms with van der Waals surface area (Å²) in [7, 11) is -4.88. The Kier molecular flexibility index (Phi) is 4.18. The Labute approximate surface area is 123 Å². The Bertz CT molecular complexity index is 720. The molecule has 0 aliphatic carbocycles. The minimum absolute atomic E-state index is 0.0110. The topological polar surface area (TPSA) is 87.5 Å². The van der Waals surface area contributed by atoms with Crippen LogP contribution in [0.15, 0.2) is 18.1 Å². The quantitative estimate of drug-likeness (QED) is 0.470. The molecule has 11 heteroatoms. The van der Waals surface area contributed by atoms with Gasteiger partial charge in [-0.05, 0) is 12.8 Å². The molecule has 0 radical (unpaired) electrons. The molecule has 2 heterocycles. The molecule has 0 aromatic carbocycles. The number of alkyl halides is 3. The van der Waals surface area contributed by atoms with Crippen LogP contribution in [0.25, 0.3) is 5.76 Å². The molecule has 1 aromatic rings. The van der Waals surface area contributed by atoms with E-state index in [0.717, 1.165) is 13.3 Å². The monoisotopic (exact) mass is 340 g/mol. The highest BCUT2D eigenvalue weighted by atomic mass is 32.2. The summed E-state index contributed by atoms with van der Waals surface area (Å²) in [6.07, 6.45) is 2.82. The number of halogens is 3. The largest absolute Gasteiger partial charge is 0.534 e. The Morgan fingerprint density at radius 2 is 2.09 bits per heavy atom. The molecular formula is C11H11F3N2O5S. The number of ether oxygens (including phenoxy) is 1. The van der Waals surface area contributed by atoms with Gasteiger partial charge >= 0.3 is 21.6 Å². The van der Waals surface area contributed by atoms with Crippen molar-refractivity contribution in [2.45, 2.75) is 24.9 Å². The van der Waals surface area contributed by atoms with Crippen molar-refractivity contribution < 1.29 is 35.3 Å². The Hall–Kier alpha value is -2.04. The lowest BCUT2D eigenvalue weighted by Gasteiger charge is -2.14. The molecule has 0 spiro atoms. The van der Waals surface area contributed by atoms with E-state index in [9.17, 15) is 26.4 Å². The summed E-state index contributed by atoms with van der Waals surface area (Å²) in [6.45, 7) is 0.342. The third-order valence-electron chi connectivity index (χ3n) is 2.95. The van der Waals surface area contributed by atoms with Crippen LogP contribution >= 0.6 is 0 Å². The molecule has 0 fully saturated rings. The minimum atomic E-state index is -5.92. The number of rotatable bonds is 3. The van der Waals surface area contributed by atoms with Crippen LogP contribution in [0.4, 0.5) is 13.2 Å². The van der Waals surface area contributed by atoms with Crippen molar-refractivity contribution in [3.63, 3.8) is 0 Å². The molecule has 0 bridgehead atoms. The molecule has 0 atom stereocenters. The molecule has 1 aliphatic heterocycles. The summed E-state index contributed by atoms with van der Waals surface area (Å²) >= 11 is 0. The van der Waals surface area contributed by atoms with Crippen LogP contribution in [-0.4, -0.2) is 36.6 Å². The summed E-state index contributed by atoms with van der Waals surface area (Å²) in [6, 6.07) is 0. The number of imidazole rings is 1. The van der Waals surface area contributed by atoms with E-state index < -0.39 is 27.4 Å². The molecule has 7 nitrogen and oxygen atoms in total. The zero-order valence-electron chi connectivity index (χ0n) is 11.3. The summed E-state index contributed by atoms with van der Waals surface area (Å²) in [5, 5.41) is 0. The molecule has 0 amide bonds. The second kappa shape index (κ2) is 5.63. The van der Waals surface area contributed by atoms with Gasteiger partial charge in [0.15, 0.2) is 5.76 Å². The lowest BCUT2D eigenvalue weighted by atomic mass is 10.1. The van der Waals surface area contributed by atoms with Crippen molar-refractivity contribution in [2.75, 3.05) is 7.11 Å². The smallest absolute Gasteiger partial charge is 0.466 e. The van der Waals surface area contributed by atoms with Crippen molar-refractivity contribution >= 4 is 21.8 Å². The number of carbonyl (C=O) groups is 1. The average Bonchev–Trinajstić information content (AvgIpc) is 2.81. The van der Waals surface area contributed by atoms with Crippen molar-refractivity contribution in [3.8, 4) is 0 Å². The number of aryl methyl sites for hydroxylation is 1. The van der Waals surface area contributed by atoms with E-state index in [-0.39, 0.29) is 17.7 Å². The third kappa shape index (κ3) is 2.93. The van der Waals surface area contributed by atoms with E-state index >= 15 is 0 Å². The van der Waals surface area contributed by atoms with Gasteiger partial charge in [-0.25, -0.2) is 9.78 Å². The van der Waals surface area contributed by atoms with E-state index in [0.29, 0.717) is 13.0 Å². The SMILES string of the molecule is COC(=O)C1=C(OS(=O)(=O)C(F)(F)F)c2cncn2CCC1. The molecule has 0 saturated carbocycles. The van der Waals surface area contributed by atoms with Gasteiger partial charge in [0.1, 0.15) is 5.69 Å². The van der Waals surface area contributed by atoms with Gasteiger partial charge in [0.05, 0.1) is 25.2 Å². The maximum Gasteiger partial charge on any atom is 0.534 e. The van der Waals surface area contributed by atoms with Gasteiger partial charge in [-0.3, -0.25) is 0 Å². The zero-order valence-corrected chi connectivity index (χ0v) is 12.1. The molecule has 0 N–H and O–H groups in total. The number of carbonyl (C=O) groups excluding carboxylic acids is 1. The van der Waals surface area contributed by atoms with Gasteiger partial charge in [0, 0.05) is 6.54 Å². The first-order valence-electron chi connectivity index (χ1n) is 6.00. The van der Waals surface area contributed by atoms with Crippen LogP contribution in [0.5, 0.6) is 0 Å². The summed E-state index contributed by atoms with van der Waals surface area (Å²) in [4.78, 5) is 15.5. The van der Waals surface area contributed by atoms with Crippen molar-refractivity contribution in [2.24, 2.45) is 0 Å². The van der Waals surface area contributed by atoms with Gasteiger partial charge in [-0.2, -0.15) is 21.6 Å². The number of hydrogen-bond donors (Lipinski definition) is 0. The highest BCUT2D eigenvalue weighted by molar-refractivity contribution is 7.87. The maximum atomic E-state index is 12.5. The molecule has 2 rings (SSSR count). The number of esters is 1. The fraction of sp³-hybridized carbons (Fsp3) is 0.455. The van der Waals surface area contributed by atoms with Crippen LogP contribution in [0, 0.1) is 0 Å². The molecule has 122 valence electrons. The Balaban J connectivity index is 2.59. The first-order chi connectivity index (χ1) is 10.2. The molecule has 1 aliphatic rings. The second-order valence-corrected chi connectivity index (χ2v) is 5.90. The molecule has 22 heavy (non-hydrogen) atoms. The standard InChI is InChI=1S/C11H11F3N2O5S/c1-20-10(17)7-3-2-4-16-6-15-5-8(16)9(7)21-22(18,19)11(12,13)14/h5-6H,2-4H2,1H3. The predicted octanol–water partition coefficient (Wildman–Crippen LogP) is 1.43. The zero-order chi connectivity index (χ0) is 16.5. The Morgan fingerprint density at radius 1 is 1.41 bits per heavy atom. The lowest BCUT2D eigenvalue weighted by molar-refractivity contribution is -0.136. The molecular weight excluding hydrogens is 329 g/mol. The number of aromatic nitrogens is 2. The van der Waals surface area contributed by atoms with Gasteiger partial charge in [-0.15, -0.1) is 0 Å². The normalized spacial score (nSPS) is 16.0. The van der Waals surface area contributed by atoms with Gasteiger partial charge in [0.2, 0.25) is 0 Å². The van der Waals surface area contributed by atoms with Crippen molar-refractivity contribution in [1.82, 2.24) is 9.55 Å². The predicted molar refractivity (Wildman–Crippen MR) is 66.5 cm³/mol. The van der Waals surface area contributed by atoms with E-state index in [2.05, 4.69) is 13.9 Å². The lowest BCUT2D eigenvalue weighted by Crippen LogP contribution is -2.26. The van der Waals surface area contributed by atoms with Gasteiger partial charge in [0.25, 0.3) is 0 Å². The van der Waals surface area contributed by atoms with Crippen LogP contribution in [0.1, 0.15) is 18.5 Å². The molecule has 1 aromatic heterocycles. The van der Waals surface area contributed by atoms with Crippen molar-refractivity contribution in [1.29, 1.82) is 0 Å². The summed E-state index contributed by atoms with van der Waals surface area (Å²) in [5.74, 6) is -1.67. The highest BCUT2D eigenvalue weighted by Gasteiger charge is 2.49. The average molecular weight is 340 g/mol. The molecule has 0 saturated heterocycles. The van der Waals surface area contributed by atoms with Crippen molar-refractivity contribution in [3.05, 3.63) is 23.8 Å².